The number of hydrogen-bond donors (Lipinski definition) is 1. The third-order valence-corrected chi connectivity index (χ3v) is 6.24. The number of aryl methyl sites for hydroxylation is 1. The first-order valence-electron chi connectivity index (χ1n) is 7.28. The SMILES string of the molecule is Cc1ccc(S(=O)(=O)Nc2cc3ccc(Cl)cc3c(Br)c2C=O)cc1. The Labute approximate surface area is 159 Å². The van der Waals surface area contributed by atoms with Crippen molar-refractivity contribution in [3.63, 3.8) is 0 Å². The van der Waals surface area contributed by atoms with Gasteiger partial charge in [-0.3, -0.25) is 9.52 Å². The lowest BCUT2D eigenvalue weighted by Crippen LogP contribution is -2.14. The number of benzene rings is 3. The van der Waals surface area contributed by atoms with Crippen LogP contribution in [-0.4, -0.2) is 14.7 Å². The number of rotatable bonds is 4. The molecule has 25 heavy (non-hydrogen) atoms. The van der Waals surface area contributed by atoms with Crippen molar-refractivity contribution in [1.29, 1.82) is 0 Å². The second kappa shape index (κ2) is 6.78. The Hall–Kier alpha value is -1.89. The monoisotopic (exact) mass is 437 g/mol. The molecule has 0 bridgehead atoms. The van der Waals surface area contributed by atoms with Crippen LogP contribution in [0, 0.1) is 6.92 Å². The van der Waals surface area contributed by atoms with Crippen molar-refractivity contribution in [3.8, 4) is 0 Å². The largest absolute Gasteiger partial charge is 0.298 e. The molecule has 3 aromatic carbocycles. The van der Waals surface area contributed by atoms with Gasteiger partial charge in [0.1, 0.15) is 0 Å². The lowest BCUT2D eigenvalue weighted by molar-refractivity contribution is 0.112. The highest BCUT2D eigenvalue weighted by Crippen LogP contribution is 2.35. The van der Waals surface area contributed by atoms with Crippen LogP contribution in [0.2, 0.25) is 5.02 Å². The van der Waals surface area contributed by atoms with Gasteiger partial charge in [-0.1, -0.05) is 35.4 Å². The summed E-state index contributed by atoms with van der Waals surface area (Å²) in [5, 5.41) is 2.01. The molecule has 0 heterocycles. The van der Waals surface area contributed by atoms with Gasteiger partial charge in [0.15, 0.2) is 6.29 Å². The topological polar surface area (TPSA) is 63.2 Å². The Kier molecular flexibility index (Phi) is 4.86. The van der Waals surface area contributed by atoms with E-state index in [1.807, 2.05) is 6.92 Å². The van der Waals surface area contributed by atoms with Gasteiger partial charge < -0.3 is 0 Å². The summed E-state index contributed by atoms with van der Waals surface area (Å²) < 4.78 is 28.2. The fraction of sp³-hybridized carbons (Fsp3) is 0.0556. The average molecular weight is 439 g/mol. The number of nitrogens with one attached hydrogen (secondary N) is 1. The summed E-state index contributed by atoms with van der Waals surface area (Å²) in [6.45, 7) is 1.87. The minimum atomic E-state index is -3.81. The molecule has 4 nitrogen and oxygen atoms in total. The van der Waals surface area contributed by atoms with Gasteiger partial charge in [0, 0.05) is 9.50 Å². The molecule has 0 radical (unpaired) electrons. The number of anilines is 1. The van der Waals surface area contributed by atoms with Crippen molar-refractivity contribution in [2.24, 2.45) is 0 Å². The van der Waals surface area contributed by atoms with Gasteiger partial charge in [0.25, 0.3) is 10.0 Å². The highest BCUT2D eigenvalue weighted by atomic mass is 79.9. The second-order valence-electron chi connectivity index (χ2n) is 5.55. The molecular formula is C18H13BrClNO3S. The van der Waals surface area contributed by atoms with E-state index in [0.717, 1.165) is 16.3 Å². The van der Waals surface area contributed by atoms with Gasteiger partial charge in [-0.25, -0.2) is 8.42 Å². The number of sulfonamides is 1. The van der Waals surface area contributed by atoms with Crippen molar-refractivity contribution in [3.05, 3.63) is 69.2 Å². The first-order valence-corrected chi connectivity index (χ1v) is 9.93. The van der Waals surface area contributed by atoms with Crippen LogP contribution in [0.4, 0.5) is 5.69 Å². The van der Waals surface area contributed by atoms with E-state index in [-0.39, 0.29) is 16.1 Å². The number of halogens is 2. The second-order valence-corrected chi connectivity index (χ2v) is 8.47. The summed E-state index contributed by atoms with van der Waals surface area (Å²) >= 11 is 9.38. The van der Waals surface area contributed by atoms with E-state index in [1.165, 1.54) is 12.1 Å². The molecule has 0 unspecified atom stereocenters. The predicted molar refractivity (Wildman–Crippen MR) is 104 cm³/mol. The third-order valence-electron chi connectivity index (χ3n) is 3.77. The van der Waals surface area contributed by atoms with Crippen molar-refractivity contribution in [1.82, 2.24) is 0 Å². The van der Waals surface area contributed by atoms with Gasteiger partial charge in [0.2, 0.25) is 0 Å². The highest BCUT2D eigenvalue weighted by molar-refractivity contribution is 9.10. The van der Waals surface area contributed by atoms with E-state index in [4.69, 9.17) is 11.6 Å². The van der Waals surface area contributed by atoms with Gasteiger partial charge in [-0.05, 0) is 64.0 Å². The number of hydrogen-bond acceptors (Lipinski definition) is 3. The Bertz CT molecular complexity index is 1080. The fourth-order valence-electron chi connectivity index (χ4n) is 2.46. The normalized spacial score (nSPS) is 11.5. The lowest BCUT2D eigenvalue weighted by Gasteiger charge is -2.14. The van der Waals surface area contributed by atoms with E-state index in [0.29, 0.717) is 15.8 Å². The molecule has 3 aromatic rings. The molecular weight excluding hydrogens is 426 g/mol. The van der Waals surface area contributed by atoms with Crippen LogP contribution >= 0.6 is 27.5 Å². The smallest absolute Gasteiger partial charge is 0.261 e. The molecule has 0 aromatic heterocycles. The standard InChI is InChI=1S/C18H13BrClNO3S/c1-11-2-6-14(7-3-11)25(23,24)21-17-8-12-4-5-13(20)9-15(12)18(19)16(17)10-22/h2-10,21H,1H3. The first kappa shape index (κ1) is 17.9. The molecule has 7 heteroatoms. The molecule has 0 saturated heterocycles. The van der Waals surface area contributed by atoms with Crippen molar-refractivity contribution in [2.45, 2.75) is 11.8 Å². The van der Waals surface area contributed by atoms with Crippen molar-refractivity contribution >= 4 is 60.3 Å². The zero-order chi connectivity index (χ0) is 18.2. The summed E-state index contributed by atoms with van der Waals surface area (Å²) in [4.78, 5) is 11.7. The molecule has 3 rings (SSSR count). The van der Waals surface area contributed by atoms with Crippen LogP contribution in [0.5, 0.6) is 0 Å². The highest BCUT2D eigenvalue weighted by Gasteiger charge is 2.19. The van der Waals surface area contributed by atoms with Crippen LogP contribution < -0.4 is 4.72 Å². The molecule has 0 amide bonds. The maximum Gasteiger partial charge on any atom is 0.261 e. The number of carbonyl (C=O) groups is 1. The van der Waals surface area contributed by atoms with Crippen LogP contribution in [0.1, 0.15) is 15.9 Å². The molecule has 0 aliphatic rings. The first-order chi connectivity index (χ1) is 11.8. The molecule has 0 fully saturated rings. The lowest BCUT2D eigenvalue weighted by atomic mass is 10.1. The van der Waals surface area contributed by atoms with Crippen molar-refractivity contribution < 1.29 is 13.2 Å². The summed E-state index contributed by atoms with van der Waals surface area (Å²) in [5.41, 5.74) is 1.38. The number of carbonyl (C=O) groups excluding carboxylic acids is 1. The maximum atomic E-state index is 12.6. The van der Waals surface area contributed by atoms with Gasteiger partial charge in [-0.2, -0.15) is 0 Å². The maximum absolute atomic E-state index is 12.6. The van der Waals surface area contributed by atoms with E-state index in [2.05, 4.69) is 20.7 Å². The van der Waals surface area contributed by atoms with Gasteiger partial charge in [-0.15, -0.1) is 0 Å². The molecule has 0 spiro atoms. The predicted octanol–water partition coefficient (Wildman–Crippen LogP) is 5.18. The number of fused-ring (bicyclic) bond motifs is 1. The van der Waals surface area contributed by atoms with E-state index < -0.39 is 10.0 Å². The molecule has 1 N–H and O–H groups in total. The Morgan fingerprint density at radius 3 is 2.40 bits per heavy atom. The van der Waals surface area contributed by atoms with E-state index >= 15 is 0 Å². The zero-order valence-corrected chi connectivity index (χ0v) is 16.2. The van der Waals surface area contributed by atoms with E-state index in [1.54, 1.807) is 36.4 Å². The summed E-state index contributed by atoms with van der Waals surface area (Å²) in [7, 11) is -3.81. The van der Waals surface area contributed by atoms with Crippen LogP contribution in [0.25, 0.3) is 10.8 Å². The Balaban J connectivity index is 2.13. The molecule has 0 saturated carbocycles. The molecule has 0 atom stereocenters. The number of aldehydes is 1. The Morgan fingerprint density at radius 1 is 1.08 bits per heavy atom. The molecule has 0 aliphatic heterocycles. The molecule has 0 aliphatic carbocycles. The quantitative estimate of drug-likeness (QED) is 0.571. The summed E-state index contributed by atoms with van der Waals surface area (Å²) in [5.74, 6) is 0. The third kappa shape index (κ3) is 3.56. The molecule has 128 valence electrons. The van der Waals surface area contributed by atoms with Crippen LogP contribution in [0.3, 0.4) is 0 Å². The average Bonchev–Trinajstić information content (AvgIpc) is 2.56. The fourth-order valence-corrected chi connectivity index (χ4v) is 4.35. The van der Waals surface area contributed by atoms with Gasteiger partial charge >= 0.3 is 0 Å². The zero-order valence-electron chi connectivity index (χ0n) is 13.1. The van der Waals surface area contributed by atoms with Crippen molar-refractivity contribution in [2.75, 3.05) is 4.72 Å². The van der Waals surface area contributed by atoms with Gasteiger partial charge in [0.05, 0.1) is 16.1 Å². The van der Waals surface area contributed by atoms with E-state index in [9.17, 15) is 13.2 Å². The summed E-state index contributed by atoms with van der Waals surface area (Å²) in [6.07, 6.45) is 0.609. The Morgan fingerprint density at radius 2 is 1.76 bits per heavy atom. The summed E-state index contributed by atoms with van der Waals surface area (Å²) in [6, 6.07) is 13.3. The van der Waals surface area contributed by atoms with Crippen LogP contribution in [-0.2, 0) is 10.0 Å². The van der Waals surface area contributed by atoms with Crippen LogP contribution in [0.15, 0.2) is 57.9 Å². The minimum Gasteiger partial charge on any atom is -0.298 e. The minimum absolute atomic E-state index is 0.127.